The number of anilines is 1. The van der Waals surface area contributed by atoms with Crippen molar-refractivity contribution in [3.8, 4) is 0 Å². The van der Waals surface area contributed by atoms with Gasteiger partial charge in [-0.2, -0.15) is 5.10 Å². The quantitative estimate of drug-likeness (QED) is 0.751. The highest BCUT2D eigenvalue weighted by Gasteiger charge is 2.27. The Labute approximate surface area is 96.9 Å². The van der Waals surface area contributed by atoms with Crippen molar-refractivity contribution >= 4 is 27.6 Å². The van der Waals surface area contributed by atoms with Crippen molar-refractivity contribution < 1.29 is 0 Å². The molecule has 0 saturated heterocycles. The summed E-state index contributed by atoms with van der Waals surface area (Å²) in [4.78, 5) is 4.13. The highest BCUT2D eigenvalue weighted by Crippen LogP contribution is 2.30. The maximum atomic E-state index is 5.83. The van der Waals surface area contributed by atoms with Gasteiger partial charge in [0.2, 0.25) is 0 Å². The van der Waals surface area contributed by atoms with Crippen molar-refractivity contribution in [1.29, 1.82) is 0 Å². The van der Waals surface area contributed by atoms with Gasteiger partial charge in [-0.05, 0) is 36.7 Å². The second-order valence-electron chi connectivity index (χ2n) is 4.48. The third-order valence-corrected chi connectivity index (χ3v) is 2.79. The second kappa shape index (κ2) is 3.23. The summed E-state index contributed by atoms with van der Waals surface area (Å²) in [5, 5.41) is 7.62. The van der Waals surface area contributed by atoms with Crippen molar-refractivity contribution in [3.05, 3.63) is 10.2 Å². The number of amidine groups is 1. The molecule has 1 aliphatic rings. The van der Waals surface area contributed by atoms with E-state index in [2.05, 4.69) is 52.1 Å². The average Bonchev–Trinajstić information content (AvgIpc) is 2.44. The Hall–Kier alpha value is -1.04. The van der Waals surface area contributed by atoms with E-state index in [1.54, 1.807) is 0 Å². The van der Waals surface area contributed by atoms with Crippen LogP contribution >= 0.6 is 15.9 Å². The smallest absolute Gasteiger partial charge is 0.141 e. The fourth-order valence-corrected chi connectivity index (χ4v) is 2.10. The molecule has 0 fully saturated rings. The van der Waals surface area contributed by atoms with Crippen LogP contribution in [0, 0.1) is 0 Å². The Kier molecular flexibility index (Phi) is 2.26. The number of nitrogens with one attached hydrogen (secondary N) is 1. The topological polar surface area (TPSA) is 68.2 Å². The first-order valence-electron chi connectivity index (χ1n) is 4.74. The molecular weight excluding hydrogens is 258 g/mol. The molecule has 6 heteroatoms. The van der Waals surface area contributed by atoms with Crippen molar-refractivity contribution in [2.75, 3.05) is 12.0 Å². The largest absolute Gasteiger partial charge is 0.383 e. The first kappa shape index (κ1) is 10.5. The maximum Gasteiger partial charge on any atom is 0.141 e. The summed E-state index contributed by atoms with van der Waals surface area (Å²) in [6, 6.07) is 0. The molecule has 0 amide bonds. The van der Waals surface area contributed by atoms with Gasteiger partial charge in [0.05, 0.1) is 11.1 Å². The Morgan fingerprint density at radius 1 is 1.47 bits per heavy atom. The number of rotatable bonds is 0. The highest BCUT2D eigenvalue weighted by molar-refractivity contribution is 9.10. The van der Waals surface area contributed by atoms with Gasteiger partial charge < -0.3 is 11.1 Å². The molecule has 5 nitrogen and oxygen atoms in total. The summed E-state index contributed by atoms with van der Waals surface area (Å²) < 4.78 is 2.66. The minimum atomic E-state index is -0.0826. The molecule has 0 radical (unpaired) electrons. The molecule has 0 bridgehead atoms. The minimum Gasteiger partial charge on any atom is -0.383 e. The van der Waals surface area contributed by atoms with Crippen LogP contribution in [0.25, 0.3) is 0 Å². The SMILES string of the molecule is CC(C)(C)n1nc(Br)c2c1NCN=C2N. The molecule has 15 heavy (non-hydrogen) atoms. The summed E-state index contributed by atoms with van der Waals surface area (Å²) in [5.41, 5.74) is 6.61. The van der Waals surface area contributed by atoms with E-state index in [0.29, 0.717) is 12.5 Å². The molecule has 0 saturated carbocycles. The Bertz CT molecular complexity index is 426. The third kappa shape index (κ3) is 1.62. The third-order valence-electron chi connectivity index (χ3n) is 2.23. The molecule has 2 heterocycles. The standard InChI is InChI=1S/C9H14BrN5/c1-9(2,3)15-8-5(6(10)14-15)7(11)12-4-13-8/h13H,4H2,1-3H3,(H2,11,12). The molecule has 1 aromatic rings. The van der Waals surface area contributed by atoms with E-state index in [4.69, 9.17) is 5.73 Å². The predicted molar refractivity (Wildman–Crippen MR) is 64.1 cm³/mol. The van der Waals surface area contributed by atoms with E-state index in [1.807, 2.05) is 4.68 Å². The summed E-state index contributed by atoms with van der Waals surface area (Å²) in [7, 11) is 0. The molecule has 0 spiro atoms. The van der Waals surface area contributed by atoms with E-state index in [1.165, 1.54) is 0 Å². The number of nitrogens with two attached hydrogens (primary N) is 1. The van der Waals surface area contributed by atoms with E-state index in [0.717, 1.165) is 16.0 Å². The zero-order valence-electron chi connectivity index (χ0n) is 9.00. The van der Waals surface area contributed by atoms with Gasteiger partial charge in [-0.3, -0.25) is 0 Å². The number of fused-ring (bicyclic) bond motifs is 1. The average molecular weight is 272 g/mol. The van der Waals surface area contributed by atoms with Crippen molar-refractivity contribution in [3.63, 3.8) is 0 Å². The van der Waals surface area contributed by atoms with Crippen LogP contribution in [-0.4, -0.2) is 22.3 Å². The highest BCUT2D eigenvalue weighted by atomic mass is 79.9. The first-order chi connectivity index (χ1) is 6.91. The number of nitrogens with zero attached hydrogens (tertiary/aromatic N) is 3. The number of hydrogen-bond donors (Lipinski definition) is 2. The number of hydrogen-bond acceptors (Lipinski definition) is 4. The van der Waals surface area contributed by atoms with Crippen LogP contribution in [0.4, 0.5) is 5.82 Å². The van der Waals surface area contributed by atoms with Gasteiger partial charge >= 0.3 is 0 Å². The van der Waals surface area contributed by atoms with Crippen LogP contribution in [0.3, 0.4) is 0 Å². The van der Waals surface area contributed by atoms with Crippen LogP contribution in [-0.2, 0) is 5.54 Å². The van der Waals surface area contributed by atoms with Crippen LogP contribution in [0.2, 0.25) is 0 Å². The lowest BCUT2D eigenvalue weighted by molar-refractivity contribution is 0.359. The fourth-order valence-electron chi connectivity index (χ4n) is 1.55. The summed E-state index contributed by atoms with van der Waals surface area (Å²) in [6.07, 6.45) is 0. The molecule has 2 rings (SSSR count). The number of halogens is 1. The Morgan fingerprint density at radius 3 is 2.73 bits per heavy atom. The normalized spacial score (nSPS) is 15.6. The van der Waals surface area contributed by atoms with Gasteiger partial charge in [0.1, 0.15) is 22.9 Å². The van der Waals surface area contributed by atoms with Crippen LogP contribution in [0.15, 0.2) is 9.60 Å². The van der Waals surface area contributed by atoms with Gasteiger partial charge in [-0.1, -0.05) is 0 Å². The lowest BCUT2D eigenvalue weighted by atomic mass is 10.1. The number of aliphatic imine (C=N–C) groups is 1. The fraction of sp³-hybridized carbons (Fsp3) is 0.556. The predicted octanol–water partition coefficient (Wildman–Crippen LogP) is 1.49. The molecule has 1 aliphatic heterocycles. The molecule has 0 aliphatic carbocycles. The summed E-state index contributed by atoms with van der Waals surface area (Å²) in [5.74, 6) is 1.47. The molecule has 0 aromatic carbocycles. The Balaban J connectivity index is 2.63. The zero-order valence-corrected chi connectivity index (χ0v) is 10.6. The van der Waals surface area contributed by atoms with Crippen LogP contribution in [0.5, 0.6) is 0 Å². The molecule has 1 aromatic heterocycles. The first-order valence-corrected chi connectivity index (χ1v) is 5.53. The lowest BCUT2D eigenvalue weighted by Gasteiger charge is -2.24. The summed E-state index contributed by atoms with van der Waals surface area (Å²) in [6.45, 7) is 6.79. The number of aromatic nitrogens is 2. The minimum absolute atomic E-state index is 0.0826. The molecule has 3 N–H and O–H groups in total. The molecule has 0 atom stereocenters. The monoisotopic (exact) mass is 271 g/mol. The zero-order chi connectivity index (χ0) is 11.2. The second-order valence-corrected chi connectivity index (χ2v) is 5.23. The van der Waals surface area contributed by atoms with Crippen molar-refractivity contribution in [2.24, 2.45) is 10.7 Å². The van der Waals surface area contributed by atoms with Crippen molar-refractivity contribution in [1.82, 2.24) is 9.78 Å². The lowest BCUT2D eigenvalue weighted by Crippen LogP contribution is -2.28. The van der Waals surface area contributed by atoms with Gasteiger partial charge in [0.15, 0.2) is 0 Å². The van der Waals surface area contributed by atoms with Crippen LogP contribution in [0.1, 0.15) is 26.3 Å². The molecule has 82 valence electrons. The molecular formula is C9H14BrN5. The van der Waals surface area contributed by atoms with Crippen molar-refractivity contribution in [2.45, 2.75) is 26.3 Å². The maximum absolute atomic E-state index is 5.83. The summed E-state index contributed by atoms with van der Waals surface area (Å²) >= 11 is 3.40. The van der Waals surface area contributed by atoms with Gasteiger partial charge in [-0.25, -0.2) is 9.67 Å². The van der Waals surface area contributed by atoms with Gasteiger partial charge in [0.25, 0.3) is 0 Å². The van der Waals surface area contributed by atoms with E-state index in [9.17, 15) is 0 Å². The van der Waals surface area contributed by atoms with Crippen LogP contribution < -0.4 is 11.1 Å². The van der Waals surface area contributed by atoms with E-state index >= 15 is 0 Å². The van der Waals surface area contributed by atoms with Gasteiger partial charge in [0, 0.05) is 0 Å². The Morgan fingerprint density at radius 2 is 2.13 bits per heavy atom. The van der Waals surface area contributed by atoms with Gasteiger partial charge in [-0.15, -0.1) is 0 Å². The molecule has 0 unspecified atom stereocenters. The van der Waals surface area contributed by atoms with E-state index in [-0.39, 0.29) is 5.54 Å². The van der Waals surface area contributed by atoms with E-state index < -0.39 is 0 Å².